The summed E-state index contributed by atoms with van der Waals surface area (Å²) in [5.41, 5.74) is 1.46. The van der Waals surface area contributed by atoms with Crippen LogP contribution in [-0.4, -0.2) is 20.1 Å². The lowest BCUT2D eigenvalue weighted by Gasteiger charge is -2.06. The van der Waals surface area contributed by atoms with Gasteiger partial charge in [0.2, 0.25) is 0 Å². The molecule has 0 aromatic heterocycles. The predicted octanol–water partition coefficient (Wildman–Crippen LogP) is 3.92. The summed E-state index contributed by atoms with van der Waals surface area (Å²) in [6, 6.07) is 14.3. The Balaban J connectivity index is 2.04. The van der Waals surface area contributed by atoms with Crippen LogP contribution in [-0.2, 0) is 4.79 Å². The molecule has 0 unspecified atom stereocenters. The van der Waals surface area contributed by atoms with Crippen molar-refractivity contribution in [1.82, 2.24) is 0 Å². The zero-order valence-electron chi connectivity index (χ0n) is 12.3. The second kappa shape index (κ2) is 7.52. The molecule has 5 heteroatoms. The fourth-order valence-corrected chi connectivity index (χ4v) is 1.95. The SMILES string of the molecule is COc1ccc(/C=C(\Cl)C(=O)Nc2ccc(OC)cc2)cc1. The van der Waals surface area contributed by atoms with E-state index in [4.69, 9.17) is 21.1 Å². The molecule has 0 heterocycles. The number of anilines is 1. The predicted molar refractivity (Wildman–Crippen MR) is 88.4 cm³/mol. The molecule has 2 aromatic rings. The van der Waals surface area contributed by atoms with Crippen molar-refractivity contribution < 1.29 is 14.3 Å². The maximum absolute atomic E-state index is 12.0. The summed E-state index contributed by atoms with van der Waals surface area (Å²) >= 11 is 6.04. The molecule has 0 radical (unpaired) electrons. The summed E-state index contributed by atoms with van der Waals surface area (Å²) in [6.07, 6.45) is 1.60. The normalized spacial score (nSPS) is 11.0. The quantitative estimate of drug-likeness (QED) is 0.850. The first-order valence-electron chi connectivity index (χ1n) is 6.59. The van der Waals surface area contributed by atoms with E-state index in [2.05, 4.69) is 5.32 Å². The van der Waals surface area contributed by atoms with Crippen LogP contribution in [0.25, 0.3) is 6.08 Å². The van der Waals surface area contributed by atoms with E-state index in [0.29, 0.717) is 5.69 Å². The number of carbonyl (C=O) groups is 1. The number of hydrogen-bond donors (Lipinski definition) is 1. The molecule has 0 spiro atoms. The monoisotopic (exact) mass is 317 g/mol. The van der Waals surface area contributed by atoms with Gasteiger partial charge in [-0.1, -0.05) is 23.7 Å². The topological polar surface area (TPSA) is 47.6 Å². The smallest absolute Gasteiger partial charge is 0.267 e. The molecule has 0 aliphatic carbocycles. The molecule has 0 bridgehead atoms. The number of amides is 1. The fraction of sp³-hybridized carbons (Fsp3) is 0.118. The third-order valence-corrected chi connectivity index (χ3v) is 3.25. The van der Waals surface area contributed by atoms with Crippen molar-refractivity contribution in [3.8, 4) is 11.5 Å². The van der Waals surface area contributed by atoms with E-state index in [1.54, 1.807) is 56.7 Å². The fourth-order valence-electron chi connectivity index (χ4n) is 1.78. The van der Waals surface area contributed by atoms with E-state index in [0.717, 1.165) is 17.1 Å². The van der Waals surface area contributed by atoms with Gasteiger partial charge < -0.3 is 14.8 Å². The Hall–Kier alpha value is -2.46. The first-order valence-corrected chi connectivity index (χ1v) is 6.97. The van der Waals surface area contributed by atoms with Gasteiger partial charge in [0, 0.05) is 5.69 Å². The molecule has 1 amide bonds. The van der Waals surface area contributed by atoms with Gasteiger partial charge in [-0.25, -0.2) is 0 Å². The molecule has 0 aliphatic rings. The number of ether oxygens (including phenoxy) is 2. The molecule has 22 heavy (non-hydrogen) atoms. The molecule has 114 valence electrons. The van der Waals surface area contributed by atoms with Crippen LogP contribution in [0.1, 0.15) is 5.56 Å². The largest absolute Gasteiger partial charge is 0.497 e. The molecular formula is C17H16ClNO3. The van der Waals surface area contributed by atoms with Crippen LogP contribution in [0.5, 0.6) is 11.5 Å². The van der Waals surface area contributed by atoms with Crippen LogP contribution < -0.4 is 14.8 Å². The minimum Gasteiger partial charge on any atom is -0.497 e. The van der Waals surface area contributed by atoms with Crippen LogP contribution in [0.3, 0.4) is 0 Å². The summed E-state index contributed by atoms with van der Waals surface area (Å²) < 4.78 is 10.1. The highest BCUT2D eigenvalue weighted by atomic mass is 35.5. The number of nitrogens with one attached hydrogen (secondary N) is 1. The minimum absolute atomic E-state index is 0.0981. The number of benzene rings is 2. The van der Waals surface area contributed by atoms with Crippen LogP contribution in [0.4, 0.5) is 5.69 Å². The third kappa shape index (κ3) is 4.27. The maximum Gasteiger partial charge on any atom is 0.267 e. The molecule has 0 saturated heterocycles. The van der Waals surface area contributed by atoms with E-state index in [-0.39, 0.29) is 10.9 Å². The van der Waals surface area contributed by atoms with Crippen molar-refractivity contribution in [2.24, 2.45) is 0 Å². The van der Waals surface area contributed by atoms with Crippen molar-refractivity contribution >= 4 is 29.3 Å². The first-order chi connectivity index (χ1) is 10.6. The van der Waals surface area contributed by atoms with E-state index in [9.17, 15) is 4.79 Å². The average Bonchev–Trinajstić information content (AvgIpc) is 2.56. The summed E-state index contributed by atoms with van der Waals surface area (Å²) in [6.45, 7) is 0. The number of halogens is 1. The number of methoxy groups -OCH3 is 2. The molecule has 4 nitrogen and oxygen atoms in total. The number of rotatable bonds is 5. The Kier molecular flexibility index (Phi) is 5.44. The molecule has 1 N–H and O–H groups in total. The number of carbonyl (C=O) groups excluding carboxylic acids is 1. The van der Waals surface area contributed by atoms with Crippen molar-refractivity contribution in [3.63, 3.8) is 0 Å². The molecule has 2 aromatic carbocycles. The highest BCUT2D eigenvalue weighted by Crippen LogP contribution is 2.18. The molecular weight excluding hydrogens is 302 g/mol. The van der Waals surface area contributed by atoms with Crippen molar-refractivity contribution in [2.45, 2.75) is 0 Å². The van der Waals surface area contributed by atoms with Crippen LogP contribution in [0, 0.1) is 0 Å². The van der Waals surface area contributed by atoms with Gasteiger partial charge in [0.15, 0.2) is 0 Å². The minimum atomic E-state index is -0.373. The standard InChI is InChI=1S/C17H16ClNO3/c1-21-14-7-3-12(4-8-14)11-16(18)17(20)19-13-5-9-15(22-2)10-6-13/h3-11H,1-2H3,(H,19,20)/b16-11-. The van der Waals surface area contributed by atoms with Crippen molar-refractivity contribution in [1.29, 1.82) is 0 Å². The summed E-state index contributed by atoms with van der Waals surface area (Å²) in [5, 5.41) is 2.81. The van der Waals surface area contributed by atoms with E-state index in [1.807, 2.05) is 12.1 Å². The Bertz CT molecular complexity index is 663. The van der Waals surface area contributed by atoms with Crippen LogP contribution in [0.15, 0.2) is 53.6 Å². The average molecular weight is 318 g/mol. The van der Waals surface area contributed by atoms with Gasteiger partial charge in [-0.3, -0.25) is 4.79 Å². The van der Waals surface area contributed by atoms with E-state index >= 15 is 0 Å². The van der Waals surface area contributed by atoms with Gasteiger partial charge in [-0.2, -0.15) is 0 Å². The molecule has 2 rings (SSSR count). The van der Waals surface area contributed by atoms with E-state index in [1.165, 1.54) is 0 Å². The van der Waals surface area contributed by atoms with Crippen LogP contribution >= 0.6 is 11.6 Å². The zero-order chi connectivity index (χ0) is 15.9. The Morgan fingerprint density at radius 3 is 1.95 bits per heavy atom. The van der Waals surface area contributed by atoms with Gasteiger partial charge in [0.25, 0.3) is 5.91 Å². The lowest BCUT2D eigenvalue weighted by atomic mass is 10.2. The van der Waals surface area contributed by atoms with Crippen LogP contribution in [0.2, 0.25) is 0 Å². The Morgan fingerprint density at radius 2 is 1.45 bits per heavy atom. The second-order valence-electron chi connectivity index (χ2n) is 4.45. The molecule has 0 atom stereocenters. The molecule has 0 saturated carbocycles. The third-order valence-electron chi connectivity index (χ3n) is 2.97. The summed E-state index contributed by atoms with van der Waals surface area (Å²) in [5.74, 6) is 1.09. The Labute approximate surface area is 134 Å². The second-order valence-corrected chi connectivity index (χ2v) is 4.86. The lowest BCUT2D eigenvalue weighted by molar-refractivity contribution is -0.112. The van der Waals surface area contributed by atoms with Gasteiger partial charge in [0.05, 0.1) is 14.2 Å². The Morgan fingerprint density at radius 1 is 0.955 bits per heavy atom. The van der Waals surface area contributed by atoms with Gasteiger partial charge in [-0.15, -0.1) is 0 Å². The van der Waals surface area contributed by atoms with Crippen molar-refractivity contribution in [2.75, 3.05) is 19.5 Å². The number of hydrogen-bond acceptors (Lipinski definition) is 3. The van der Waals surface area contributed by atoms with Gasteiger partial charge >= 0.3 is 0 Å². The summed E-state index contributed by atoms with van der Waals surface area (Å²) in [4.78, 5) is 12.0. The zero-order valence-corrected chi connectivity index (χ0v) is 13.1. The van der Waals surface area contributed by atoms with E-state index < -0.39 is 0 Å². The van der Waals surface area contributed by atoms with Gasteiger partial charge in [-0.05, 0) is 48.0 Å². The highest BCUT2D eigenvalue weighted by molar-refractivity contribution is 6.45. The maximum atomic E-state index is 12.0. The summed E-state index contributed by atoms with van der Waals surface area (Å²) in [7, 11) is 3.18. The van der Waals surface area contributed by atoms with Gasteiger partial charge in [0.1, 0.15) is 16.5 Å². The molecule has 0 aliphatic heterocycles. The lowest BCUT2D eigenvalue weighted by Crippen LogP contribution is -2.11. The molecule has 0 fully saturated rings. The highest BCUT2D eigenvalue weighted by Gasteiger charge is 2.07. The first kappa shape index (κ1) is 15.9. The van der Waals surface area contributed by atoms with Crippen molar-refractivity contribution in [3.05, 3.63) is 59.1 Å².